The van der Waals surface area contributed by atoms with Crippen LogP contribution in [0.3, 0.4) is 0 Å². The molecule has 26 heavy (non-hydrogen) atoms. The first-order valence-electron chi connectivity index (χ1n) is 8.63. The van der Waals surface area contributed by atoms with Gasteiger partial charge in [0.1, 0.15) is 0 Å². The number of rotatable bonds is 4. The standard InChI is InChI=1S/C20H20N4OS/c1-13-19(14(2)24(23-13)18-7-3-4-10-21-18)15-8-9-16(12-15)22-20(25)17-6-5-11-26-17/h3-11,15-16H,12H2,1-2H3,(H,22,25)/t15-,16+/m0/s1. The van der Waals surface area contributed by atoms with Crippen LogP contribution in [-0.2, 0) is 0 Å². The fourth-order valence-electron chi connectivity index (χ4n) is 3.56. The number of pyridine rings is 1. The second-order valence-electron chi connectivity index (χ2n) is 6.47. The van der Waals surface area contributed by atoms with Crippen molar-refractivity contribution in [1.29, 1.82) is 0 Å². The summed E-state index contributed by atoms with van der Waals surface area (Å²) >= 11 is 1.46. The maximum absolute atomic E-state index is 12.3. The van der Waals surface area contributed by atoms with Crippen LogP contribution in [0.2, 0.25) is 0 Å². The molecule has 1 N–H and O–H groups in total. The predicted molar refractivity (Wildman–Crippen MR) is 103 cm³/mol. The summed E-state index contributed by atoms with van der Waals surface area (Å²) < 4.78 is 1.90. The van der Waals surface area contributed by atoms with E-state index in [1.54, 1.807) is 6.20 Å². The van der Waals surface area contributed by atoms with Gasteiger partial charge in [-0.25, -0.2) is 9.67 Å². The Hall–Kier alpha value is -2.73. The first kappa shape index (κ1) is 16.7. The van der Waals surface area contributed by atoms with E-state index in [-0.39, 0.29) is 17.9 Å². The molecule has 1 amide bonds. The molecular weight excluding hydrogens is 344 g/mol. The van der Waals surface area contributed by atoms with E-state index in [2.05, 4.69) is 34.5 Å². The van der Waals surface area contributed by atoms with Crippen molar-refractivity contribution in [1.82, 2.24) is 20.1 Å². The Morgan fingerprint density at radius 3 is 2.85 bits per heavy atom. The quantitative estimate of drug-likeness (QED) is 0.717. The first-order chi connectivity index (χ1) is 12.6. The number of amides is 1. The Kier molecular flexibility index (Phi) is 4.42. The van der Waals surface area contributed by atoms with Crippen LogP contribution in [0.4, 0.5) is 0 Å². The zero-order chi connectivity index (χ0) is 18.1. The zero-order valence-electron chi connectivity index (χ0n) is 14.7. The van der Waals surface area contributed by atoms with Gasteiger partial charge in [-0.05, 0) is 43.8 Å². The summed E-state index contributed by atoms with van der Waals surface area (Å²) in [5, 5.41) is 9.71. The van der Waals surface area contributed by atoms with Gasteiger partial charge < -0.3 is 5.32 Å². The van der Waals surface area contributed by atoms with Crippen LogP contribution in [-0.4, -0.2) is 26.7 Å². The van der Waals surface area contributed by atoms with E-state index in [1.165, 1.54) is 16.9 Å². The van der Waals surface area contributed by atoms with E-state index in [1.807, 2.05) is 47.3 Å². The number of carbonyl (C=O) groups is 1. The van der Waals surface area contributed by atoms with E-state index in [0.29, 0.717) is 0 Å². The first-order valence-corrected chi connectivity index (χ1v) is 9.51. The molecule has 3 aromatic rings. The van der Waals surface area contributed by atoms with Crippen molar-refractivity contribution in [3.63, 3.8) is 0 Å². The average molecular weight is 364 g/mol. The number of hydrogen-bond acceptors (Lipinski definition) is 4. The minimum atomic E-state index is -0.00655. The van der Waals surface area contributed by atoms with E-state index < -0.39 is 0 Å². The Morgan fingerprint density at radius 1 is 1.23 bits per heavy atom. The van der Waals surface area contributed by atoms with Crippen LogP contribution in [0.15, 0.2) is 54.1 Å². The molecule has 6 heteroatoms. The minimum absolute atomic E-state index is 0.00655. The monoisotopic (exact) mass is 364 g/mol. The molecule has 0 aliphatic heterocycles. The fraction of sp³-hybridized carbons (Fsp3) is 0.250. The van der Waals surface area contributed by atoms with Crippen molar-refractivity contribution in [2.45, 2.75) is 32.2 Å². The van der Waals surface area contributed by atoms with Crippen molar-refractivity contribution in [3.05, 3.63) is 75.9 Å². The van der Waals surface area contributed by atoms with Crippen LogP contribution in [0.25, 0.3) is 5.82 Å². The minimum Gasteiger partial charge on any atom is -0.345 e. The lowest BCUT2D eigenvalue weighted by Crippen LogP contribution is -2.32. The molecule has 5 nitrogen and oxygen atoms in total. The summed E-state index contributed by atoms with van der Waals surface area (Å²) in [6.07, 6.45) is 6.90. The highest BCUT2D eigenvalue weighted by Gasteiger charge is 2.27. The summed E-state index contributed by atoms with van der Waals surface area (Å²) in [6, 6.07) is 9.61. The van der Waals surface area contributed by atoms with E-state index in [9.17, 15) is 4.79 Å². The smallest absolute Gasteiger partial charge is 0.261 e. The second kappa shape index (κ2) is 6.88. The van der Waals surface area contributed by atoms with Crippen molar-refractivity contribution in [3.8, 4) is 5.82 Å². The van der Waals surface area contributed by atoms with Crippen LogP contribution in [0, 0.1) is 13.8 Å². The normalized spacial score (nSPS) is 19.0. The van der Waals surface area contributed by atoms with Gasteiger partial charge in [-0.1, -0.05) is 24.3 Å². The lowest BCUT2D eigenvalue weighted by molar-refractivity contribution is 0.0948. The van der Waals surface area contributed by atoms with Gasteiger partial charge in [0, 0.05) is 29.4 Å². The topological polar surface area (TPSA) is 59.8 Å². The molecule has 0 bridgehead atoms. The SMILES string of the molecule is Cc1nn(-c2ccccn2)c(C)c1[C@H]1C=C[C@@H](NC(=O)c2cccs2)C1. The van der Waals surface area contributed by atoms with Crippen molar-refractivity contribution in [2.24, 2.45) is 0 Å². The lowest BCUT2D eigenvalue weighted by atomic mass is 9.96. The molecular formula is C20H20N4OS. The second-order valence-corrected chi connectivity index (χ2v) is 7.42. The summed E-state index contributed by atoms with van der Waals surface area (Å²) in [7, 11) is 0. The van der Waals surface area contributed by atoms with E-state index in [4.69, 9.17) is 0 Å². The van der Waals surface area contributed by atoms with Crippen molar-refractivity contribution >= 4 is 17.2 Å². The molecule has 0 aromatic carbocycles. The molecule has 1 aliphatic carbocycles. The van der Waals surface area contributed by atoms with Gasteiger partial charge in [0.2, 0.25) is 0 Å². The summed E-state index contributed by atoms with van der Waals surface area (Å²) in [4.78, 5) is 17.4. The highest BCUT2D eigenvalue weighted by atomic mass is 32.1. The van der Waals surface area contributed by atoms with E-state index >= 15 is 0 Å². The molecule has 3 heterocycles. The third-order valence-corrected chi connectivity index (χ3v) is 5.60. The molecule has 2 atom stereocenters. The third kappa shape index (κ3) is 3.08. The van der Waals surface area contributed by atoms with E-state index in [0.717, 1.165) is 28.5 Å². The van der Waals surface area contributed by atoms with Crippen LogP contribution >= 0.6 is 11.3 Å². The van der Waals surface area contributed by atoms with Gasteiger partial charge in [-0.15, -0.1) is 11.3 Å². The number of nitrogens with one attached hydrogen (secondary N) is 1. The predicted octanol–water partition coefficient (Wildman–Crippen LogP) is 3.79. The van der Waals surface area contributed by atoms with Crippen LogP contribution in [0.1, 0.15) is 39.0 Å². The number of carbonyl (C=O) groups excluding carboxylic acids is 1. The highest BCUT2D eigenvalue weighted by molar-refractivity contribution is 7.12. The summed E-state index contributed by atoms with van der Waals surface area (Å²) in [5.41, 5.74) is 3.33. The zero-order valence-corrected chi connectivity index (χ0v) is 15.5. The third-order valence-electron chi connectivity index (χ3n) is 4.73. The summed E-state index contributed by atoms with van der Waals surface area (Å²) in [6.45, 7) is 4.11. The Morgan fingerprint density at radius 2 is 2.12 bits per heavy atom. The number of allylic oxidation sites excluding steroid dienone is 1. The number of nitrogens with zero attached hydrogens (tertiary/aromatic N) is 3. The number of aromatic nitrogens is 3. The molecule has 1 aliphatic rings. The van der Waals surface area contributed by atoms with Crippen LogP contribution < -0.4 is 5.32 Å². The van der Waals surface area contributed by atoms with Gasteiger partial charge >= 0.3 is 0 Å². The number of thiophene rings is 1. The molecule has 3 aromatic heterocycles. The number of aryl methyl sites for hydroxylation is 1. The Bertz CT molecular complexity index is 944. The van der Waals surface area contributed by atoms with Gasteiger partial charge in [0.05, 0.1) is 10.6 Å². The van der Waals surface area contributed by atoms with Crippen molar-refractivity contribution in [2.75, 3.05) is 0 Å². The highest BCUT2D eigenvalue weighted by Crippen LogP contribution is 2.33. The lowest BCUT2D eigenvalue weighted by Gasteiger charge is -2.14. The molecule has 4 rings (SSSR count). The molecule has 0 unspecified atom stereocenters. The largest absolute Gasteiger partial charge is 0.345 e. The Labute approximate surface area is 156 Å². The van der Waals surface area contributed by atoms with Gasteiger partial charge in [-0.3, -0.25) is 4.79 Å². The molecule has 132 valence electrons. The molecule has 0 radical (unpaired) electrons. The maximum atomic E-state index is 12.3. The maximum Gasteiger partial charge on any atom is 0.261 e. The molecule has 0 spiro atoms. The van der Waals surface area contributed by atoms with Gasteiger partial charge in [-0.2, -0.15) is 5.10 Å². The van der Waals surface area contributed by atoms with Crippen molar-refractivity contribution < 1.29 is 4.79 Å². The number of hydrogen-bond donors (Lipinski definition) is 1. The van der Waals surface area contributed by atoms with Gasteiger partial charge in [0.15, 0.2) is 5.82 Å². The summed E-state index contributed by atoms with van der Waals surface area (Å²) in [5.74, 6) is 1.07. The van der Waals surface area contributed by atoms with Gasteiger partial charge in [0.25, 0.3) is 5.91 Å². The molecule has 0 fully saturated rings. The fourth-order valence-corrected chi connectivity index (χ4v) is 4.19. The Balaban J connectivity index is 1.52. The molecule has 0 saturated heterocycles. The average Bonchev–Trinajstić information content (AvgIpc) is 3.37. The molecule has 0 saturated carbocycles. The van der Waals surface area contributed by atoms with Crippen LogP contribution in [0.5, 0.6) is 0 Å².